The zero-order valence-electron chi connectivity index (χ0n) is 12.0. The van der Waals surface area contributed by atoms with Crippen molar-refractivity contribution >= 4 is 17.2 Å². The number of anilines is 2. The van der Waals surface area contributed by atoms with Crippen LogP contribution < -0.4 is 10.6 Å². The van der Waals surface area contributed by atoms with Crippen LogP contribution in [0, 0.1) is 5.92 Å². The largest absolute Gasteiger partial charge is 0.398 e. The van der Waals surface area contributed by atoms with Gasteiger partial charge < -0.3 is 15.5 Å². The summed E-state index contributed by atoms with van der Waals surface area (Å²) in [5.74, 6) is 0.724. The molecule has 104 valence electrons. The van der Waals surface area contributed by atoms with Gasteiger partial charge >= 0.3 is 0 Å². The van der Waals surface area contributed by atoms with E-state index in [1.807, 2.05) is 18.2 Å². The summed E-state index contributed by atoms with van der Waals surface area (Å²) in [6.45, 7) is 4.91. The molecule has 1 unspecified atom stereocenters. The second-order valence-corrected chi connectivity index (χ2v) is 5.63. The minimum absolute atomic E-state index is 0.0216. The molecule has 1 aromatic rings. The van der Waals surface area contributed by atoms with E-state index in [-0.39, 0.29) is 5.78 Å². The minimum Gasteiger partial charge on any atom is -0.398 e. The average molecular weight is 261 g/mol. The van der Waals surface area contributed by atoms with Gasteiger partial charge in [0.15, 0.2) is 5.78 Å². The first-order chi connectivity index (χ1) is 8.97. The van der Waals surface area contributed by atoms with Crippen LogP contribution in [0.3, 0.4) is 0 Å². The molecule has 0 spiro atoms. The van der Waals surface area contributed by atoms with Crippen LogP contribution in [-0.4, -0.2) is 44.4 Å². The highest BCUT2D eigenvalue weighted by Gasteiger charge is 2.21. The van der Waals surface area contributed by atoms with Gasteiger partial charge in [-0.05, 0) is 51.1 Å². The molecule has 1 aromatic carbocycles. The second-order valence-electron chi connectivity index (χ2n) is 5.63. The molecule has 0 amide bonds. The normalized spacial score (nSPS) is 19.6. The molecule has 1 heterocycles. The molecule has 0 radical (unpaired) electrons. The molecular weight excluding hydrogens is 238 g/mol. The molecule has 19 heavy (non-hydrogen) atoms. The van der Waals surface area contributed by atoms with Crippen molar-refractivity contribution in [3.05, 3.63) is 23.8 Å². The van der Waals surface area contributed by atoms with Gasteiger partial charge in [0.25, 0.3) is 0 Å². The lowest BCUT2D eigenvalue weighted by atomic mass is 10.1. The summed E-state index contributed by atoms with van der Waals surface area (Å²) in [4.78, 5) is 16.1. The fourth-order valence-electron chi connectivity index (χ4n) is 2.75. The van der Waals surface area contributed by atoms with Gasteiger partial charge in [-0.2, -0.15) is 0 Å². The van der Waals surface area contributed by atoms with E-state index in [0.717, 1.165) is 18.8 Å². The first-order valence-electron chi connectivity index (χ1n) is 6.77. The molecule has 2 rings (SSSR count). The molecule has 4 nitrogen and oxygen atoms in total. The van der Waals surface area contributed by atoms with Crippen molar-refractivity contribution in [3.8, 4) is 0 Å². The van der Waals surface area contributed by atoms with Crippen molar-refractivity contribution in [2.45, 2.75) is 13.3 Å². The van der Waals surface area contributed by atoms with Crippen LogP contribution in [-0.2, 0) is 0 Å². The minimum atomic E-state index is 0.0216. The average Bonchev–Trinajstić information content (AvgIpc) is 2.74. The third-order valence-electron chi connectivity index (χ3n) is 3.88. The molecule has 0 aliphatic carbocycles. The third kappa shape index (κ3) is 3.26. The topological polar surface area (TPSA) is 49.6 Å². The summed E-state index contributed by atoms with van der Waals surface area (Å²) in [6.07, 6.45) is 1.25. The third-order valence-corrected chi connectivity index (χ3v) is 3.88. The number of nitrogens with two attached hydrogens (primary N) is 1. The Balaban J connectivity index is 2.08. The van der Waals surface area contributed by atoms with Crippen LogP contribution in [0.1, 0.15) is 23.7 Å². The highest BCUT2D eigenvalue weighted by molar-refractivity contribution is 6.00. The molecule has 2 N–H and O–H groups in total. The van der Waals surface area contributed by atoms with Gasteiger partial charge in [-0.3, -0.25) is 4.79 Å². The van der Waals surface area contributed by atoms with E-state index in [9.17, 15) is 4.79 Å². The van der Waals surface area contributed by atoms with Crippen LogP contribution >= 0.6 is 0 Å². The van der Waals surface area contributed by atoms with Gasteiger partial charge in [0, 0.05) is 37.1 Å². The lowest BCUT2D eigenvalue weighted by Gasteiger charge is -2.24. The molecule has 0 saturated carbocycles. The van der Waals surface area contributed by atoms with Crippen molar-refractivity contribution in [2.75, 3.05) is 44.4 Å². The number of Topliss-reactive ketones (excluding diaryl/α,β-unsaturated/α-hetero) is 1. The number of benzene rings is 1. The van der Waals surface area contributed by atoms with Gasteiger partial charge in [-0.25, -0.2) is 0 Å². The molecule has 1 fully saturated rings. The summed E-state index contributed by atoms with van der Waals surface area (Å²) in [6, 6.07) is 5.71. The van der Waals surface area contributed by atoms with Crippen LogP contribution in [0.25, 0.3) is 0 Å². The van der Waals surface area contributed by atoms with Crippen LogP contribution in [0.2, 0.25) is 0 Å². The maximum atomic E-state index is 11.5. The number of carbonyl (C=O) groups is 1. The maximum Gasteiger partial charge on any atom is 0.161 e. The highest BCUT2D eigenvalue weighted by atomic mass is 16.1. The van der Waals surface area contributed by atoms with E-state index in [2.05, 4.69) is 23.9 Å². The SMILES string of the molecule is CC(=O)c1cc(N(C)CC2CCN(C)C2)ccc1N. The first-order valence-corrected chi connectivity index (χ1v) is 6.77. The van der Waals surface area contributed by atoms with E-state index in [1.165, 1.54) is 13.0 Å². The van der Waals surface area contributed by atoms with Crippen molar-refractivity contribution in [2.24, 2.45) is 5.92 Å². The van der Waals surface area contributed by atoms with Gasteiger partial charge in [0.2, 0.25) is 0 Å². The van der Waals surface area contributed by atoms with Crippen molar-refractivity contribution in [3.63, 3.8) is 0 Å². The standard InChI is InChI=1S/C15H23N3O/c1-11(19)14-8-13(4-5-15(14)16)18(3)10-12-6-7-17(2)9-12/h4-5,8,12H,6-7,9-10,16H2,1-3H3. The molecule has 1 saturated heterocycles. The quantitative estimate of drug-likeness (QED) is 0.664. The first kappa shape index (κ1) is 13.9. The molecule has 1 aliphatic heterocycles. The lowest BCUT2D eigenvalue weighted by Crippen LogP contribution is -2.27. The van der Waals surface area contributed by atoms with Gasteiger partial charge in [0.05, 0.1) is 0 Å². The van der Waals surface area contributed by atoms with Gasteiger partial charge in [0.1, 0.15) is 0 Å². The van der Waals surface area contributed by atoms with Gasteiger partial charge in [-0.1, -0.05) is 0 Å². The van der Waals surface area contributed by atoms with Crippen molar-refractivity contribution in [1.82, 2.24) is 4.90 Å². The van der Waals surface area contributed by atoms with E-state index >= 15 is 0 Å². The Labute approximate surface area is 115 Å². The number of likely N-dealkylation sites (tertiary alicyclic amines) is 1. The number of nitrogen functional groups attached to an aromatic ring is 1. The highest BCUT2D eigenvalue weighted by Crippen LogP contribution is 2.23. The van der Waals surface area contributed by atoms with E-state index in [0.29, 0.717) is 17.2 Å². The predicted octanol–water partition coefficient (Wildman–Crippen LogP) is 1.86. The zero-order chi connectivity index (χ0) is 14.0. The van der Waals surface area contributed by atoms with E-state index in [1.54, 1.807) is 6.92 Å². The molecule has 4 heteroatoms. The summed E-state index contributed by atoms with van der Waals surface area (Å²) < 4.78 is 0. The van der Waals surface area contributed by atoms with Crippen LogP contribution in [0.4, 0.5) is 11.4 Å². The van der Waals surface area contributed by atoms with Gasteiger partial charge in [-0.15, -0.1) is 0 Å². The molecule has 1 atom stereocenters. The monoisotopic (exact) mass is 261 g/mol. The number of ketones is 1. The lowest BCUT2D eigenvalue weighted by molar-refractivity contribution is 0.101. The molecular formula is C15H23N3O. The molecule has 0 bridgehead atoms. The number of hydrogen-bond acceptors (Lipinski definition) is 4. The Kier molecular flexibility index (Phi) is 4.10. The van der Waals surface area contributed by atoms with Crippen molar-refractivity contribution in [1.29, 1.82) is 0 Å². The smallest absolute Gasteiger partial charge is 0.161 e. The van der Waals surface area contributed by atoms with E-state index < -0.39 is 0 Å². The fourth-order valence-corrected chi connectivity index (χ4v) is 2.75. The number of rotatable bonds is 4. The number of nitrogens with zero attached hydrogens (tertiary/aromatic N) is 2. The summed E-state index contributed by atoms with van der Waals surface area (Å²) in [7, 11) is 4.24. The Morgan fingerprint density at radius 3 is 2.84 bits per heavy atom. The van der Waals surface area contributed by atoms with Crippen LogP contribution in [0.5, 0.6) is 0 Å². The number of hydrogen-bond donors (Lipinski definition) is 1. The van der Waals surface area contributed by atoms with Crippen LogP contribution in [0.15, 0.2) is 18.2 Å². The molecule has 0 aromatic heterocycles. The zero-order valence-corrected chi connectivity index (χ0v) is 12.0. The van der Waals surface area contributed by atoms with Crippen molar-refractivity contribution < 1.29 is 4.79 Å². The Bertz CT molecular complexity index is 472. The second kappa shape index (κ2) is 5.61. The fraction of sp³-hybridized carbons (Fsp3) is 0.533. The summed E-state index contributed by atoms with van der Waals surface area (Å²) >= 11 is 0. The Morgan fingerprint density at radius 2 is 2.26 bits per heavy atom. The Morgan fingerprint density at radius 1 is 1.53 bits per heavy atom. The van der Waals surface area contributed by atoms with E-state index in [4.69, 9.17) is 5.73 Å². The summed E-state index contributed by atoms with van der Waals surface area (Å²) in [5.41, 5.74) is 8.07. The predicted molar refractivity (Wildman–Crippen MR) is 79.7 cm³/mol. The summed E-state index contributed by atoms with van der Waals surface area (Å²) in [5, 5.41) is 0. The number of carbonyl (C=O) groups excluding carboxylic acids is 1. The maximum absolute atomic E-state index is 11.5. The molecule has 1 aliphatic rings. The Hall–Kier alpha value is -1.55.